The molecule has 1 fully saturated rings. The summed E-state index contributed by atoms with van der Waals surface area (Å²) in [6, 6.07) is 14.3. The van der Waals surface area contributed by atoms with Crippen LogP contribution in [0, 0.1) is 5.82 Å². The van der Waals surface area contributed by atoms with Gasteiger partial charge in [-0.05, 0) is 18.2 Å². The number of nitrogens with zero attached hydrogens (tertiary/aromatic N) is 2. The number of urea groups is 1. The van der Waals surface area contributed by atoms with Gasteiger partial charge in [-0.1, -0.05) is 36.4 Å². The van der Waals surface area contributed by atoms with Crippen molar-refractivity contribution in [1.29, 1.82) is 0 Å². The smallest absolute Gasteiger partial charge is 0.332 e. The molecule has 1 saturated heterocycles. The second-order valence-electron chi connectivity index (χ2n) is 5.55. The van der Waals surface area contributed by atoms with Crippen molar-refractivity contribution in [2.75, 3.05) is 18.0 Å². The van der Waals surface area contributed by atoms with E-state index in [1.165, 1.54) is 11.0 Å². The molecule has 0 aliphatic carbocycles. The van der Waals surface area contributed by atoms with Crippen LogP contribution in [0.25, 0.3) is 0 Å². The lowest BCUT2D eigenvalue weighted by Gasteiger charge is -2.17. The Hall–Kier alpha value is -3.22. The molecule has 4 amide bonds. The van der Waals surface area contributed by atoms with Crippen molar-refractivity contribution >= 4 is 23.5 Å². The molecule has 1 aliphatic rings. The van der Waals surface area contributed by atoms with Crippen molar-refractivity contribution in [3.05, 3.63) is 66.0 Å². The first-order valence-electron chi connectivity index (χ1n) is 7.73. The zero-order valence-electron chi connectivity index (χ0n) is 13.3. The predicted octanol–water partition coefficient (Wildman–Crippen LogP) is 1.91. The van der Waals surface area contributed by atoms with E-state index < -0.39 is 30.2 Å². The lowest BCUT2D eigenvalue weighted by atomic mass is 10.2. The molecule has 2 aromatic carbocycles. The van der Waals surface area contributed by atoms with E-state index in [-0.39, 0.29) is 13.1 Å². The largest absolute Gasteiger partial charge is 0.350 e. The highest BCUT2D eigenvalue weighted by Gasteiger charge is 2.37. The molecule has 25 heavy (non-hydrogen) atoms. The molecule has 128 valence electrons. The quantitative estimate of drug-likeness (QED) is 0.845. The third-order valence-electron chi connectivity index (χ3n) is 3.86. The van der Waals surface area contributed by atoms with Crippen molar-refractivity contribution < 1.29 is 18.8 Å². The molecule has 1 aliphatic heterocycles. The van der Waals surface area contributed by atoms with Gasteiger partial charge in [0.1, 0.15) is 18.9 Å². The molecule has 2 aromatic rings. The summed E-state index contributed by atoms with van der Waals surface area (Å²) >= 11 is 0. The summed E-state index contributed by atoms with van der Waals surface area (Å²) in [5.74, 6) is -1.40. The van der Waals surface area contributed by atoms with Gasteiger partial charge in [-0.2, -0.15) is 0 Å². The van der Waals surface area contributed by atoms with Crippen molar-refractivity contribution in [3.63, 3.8) is 0 Å². The summed E-state index contributed by atoms with van der Waals surface area (Å²) in [5.41, 5.74) is 0.927. The van der Waals surface area contributed by atoms with Crippen LogP contribution in [0.5, 0.6) is 0 Å². The number of hydrogen-bond donors (Lipinski definition) is 1. The Morgan fingerprint density at radius 1 is 1.04 bits per heavy atom. The molecule has 1 N–H and O–H groups in total. The number of carbonyl (C=O) groups excluding carboxylic acids is 3. The van der Waals surface area contributed by atoms with Crippen LogP contribution in [0.2, 0.25) is 0 Å². The molecule has 0 spiro atoms. The van der Waals surface area contributed by atoms with E-state index in [9.17, 15) is 18.8 Å². The Bertz CT molecular complexity index is 810. The van der Waals surface area contributed by atoms with Gasteiger partial charge in [0, 0.05) is 17.8 Å². The van der Waals surface area contributed by atoms with E-state index in [4.69, 9.17) is 0 Å². The minimum Gasteiger partial charge on any atom is -0.350 e. The molecule has 7 heteroatoms. The van der Waals surface area contributed by atoms with E-state index in [1.54, 1.807) is 48.5 Å². The van der Waals surface area contributed by atoms with Crippen LogP contribution in [-0.4, -0.2) is 35.8 Å². The third-order valence-corrected chi connectivity index (χ3v) is 3.86. The van der Waals surface area contributed by atoms with Gasteiger partial charge >= 0.3 is 6.03 Å². The molecule has 0 radical (unpaired) electrons. The number of nitrogens with one attached hydrogen (secondary N) is 1. The molecule has 0 atom stereocenters. The first-order chi connectivity index (χ1) is 12.1. The summed E-state index contributed by atoms with van der Waals surface area (Å²) in [7, 11) is 0. The van der Waals surface area contributed by atoms with E-state index in [0.717, 1.165) is 4.90 Å². The molecule has 6 nitrogen and oxygen atoms in total. The number of para-hydroxylation sites is 1. The van der Waals surface area contributed by atoms with E-state index in [2.05, 4.69) is 5.32 Å². The number of amides is 4. The molecule has 1 heterocycles. The fourth-order valence-electron chi connectivity index (χ4n) is 2.54. The minimum atomic E-state index is -0.544. The molecular weight excluding hydrogens is 325 g/mol. The van der Waals surface area contributed by atoms with E-state index in [1.807, 2.05) is 0 Å². The van der Waals surface area contributed by atoms with Gasteiger partial charge in [-0.25, -0.2) is 9.18 Å². The monoisotopic (exact) mass is 341 g/mol. The van der Waals surface area contributed by atoms with Crippen LogP contribution in [-0.2, 0) is 16.1 Å². The summed E-state index contributed by atoms with van der Waals surface area (Å²) in [4.78, 5) is 38.7. The summed E-state index contributed by atoms with van der Waals surface area (Å²) in [6.07, 6.45) is 0. The average Bonchev–Trinajstić information content (AvgIpc) is 2.90. The Balaban J connectivity index is 1.60. The zero-order chi connectivity index (χ0) is 17.8. The zero-order valence-corrected chi connectivity index (χ0v) is 13.3. The summed E-state index contributed by atoms with van der Waals surface area (Å²) < 4.78 is 13.5. The van der Waals surface area contributed by atoms with Gasteiger partial charge in [0.05, 0.1) is 0 Å². The number of anilines is 1. The van der Waals surface area contributed by atoms with Crippen LogP contribution in [0.1, 0.15) is 5.56 Å². The van der Waals surface area contributed by atoms with Crippen LogP contribution in [0.4, 0.5) is 14.9 Å². The first-order valence-corrected chi connectivity index (χ1v) is 7.73. The van der Waals surface area contributed by atoms with Crippen LogP contribution in [0.3, 0.4) is 0 Å². The van der Waals surface area contributed by atoms with Crippen LogP contribution < -0.4 is 10.2 Å². The molecular formula is C18H16FN3O3. The van der Waals surface area contributed by atoms with Crippen molar-refractivity contribution in [3.8, 4) is 0 Å². The minimum absolute atomic E-state index is 0.00979. The lowest BCUT2D eigenvalue weighted by molar-refractivity contribution is -0.130. The maximum atomic E-state index is 13.5. The number of halogens is 1. The molecule has 0 unspecified atom stereocenters. The highest BCUT2D eigenvalue weighted by molar-refractivity contribution is 6.13. The predicted molar refractivity (Wildman–Crippen MR) is 89.1 cm³/mol. The molecule has 0 bridgehead atoms. The lowest BCUT2D eigenvalue weighted by Crippen LogP contribution is -2.41. The molecule has 3 rings (SSSR count). The number of rotatable bonds is 5. The topological polar surface area (TPSA) is 69.7 Å². The second kappa shape index (κ2) is 7.12. The Kier molecular flexibility index (Phi) is 4.74. The standard InChI is InChI=1S/C18H16FN3O3/c19-15-9-5-4-6-13(15)10-20-16(23)11-22-17(24)12-21(18(22)25)14-7-2-1-3-8-14/h1-9H,10-12H2,(H,20,23). The normalized spacial score (nSPS) is 14.1. The number of carbonyl (C=O) groups is 3. The first kappa shape index (κ1) is 16.6. The van der Waals surface area contributed by atoms with Gasteiger partial charge in [0.15, 0.2) is 0 Å². The highest BCUT2D eigenvalue weighted by Crippen LogP contribution is 2.20. The number of hydrogen-bond acceptors (Lipinski definition) is 3. The van der Waals surface area contributed by atoms with Crippen LogP contribution >= 0.6 is 0 Å². The SMILES string of the molecule is O=C(CN1C(=O)CN(c2ccccc2)C1=O)NCc1ccccc1F. The number of imide groups is 1. The second-order valence-corrected chi connectivity index (χ2v) is 5.55. The highest BCUT2D eigenvalue weighted by atomic mass is 19.1. The summed E-state index contributed by atoms with van der Waals surface area (Å²) in [6.45, 7) is -0.511. The molecule has 0 aromatic heterocycles. The molecule has 0 saturated carbocycles. The van der Waals surface area contributed by atoms with Crippen molar-refractivity contribution in [2.45, 2.75) is 6.54 Å². The third kappa shape index (κ3) is 3.65. The summed E-state index contributed by atoms with van der Waals surface area (Å²) in [5, 5.41) is 2.52. The Labute approximate surface area is 143 Å². The fourth-order valence-corrected chi connectivity index (χ4v) is 2.54. The van der Waals surface area contributed by atoms with Gasteiger partial charge in [0.25, 0.3) is 5.91 Å². The maximum Gasteiger partial charge on any atom is 0.332 e. The fraction of sp³-hybridized carbons (Fsp3) is 0.167. The van der Waals surface area contributed by atoms with Gasteiger partial charge in [-0.15, -0.1) is 0 Å². The average molecular weight is 341 g/mol. The van der Waals surface area contributed by atoms with E-state index >= 15 is 0 Å². The van der Waals surface area contributed by atoms with E-state index in [0.29, 0.717) is 11.3 Å². The van der Waals surface area contributed by atoms with Crippen LogP contribution in [0.15, 0.2) is 54.6 Å². The van der Waals surface area contributed by atoms with Gasteiger partial charge in [0.2, 0.25) is 5.91 Å². The van der Waals surface area contributed by atoms with Crippen molar-refractivity contribution in [2.24, 2.45) is 0 Å². The Morgan fingerprint density at radius 3 is 2.44 bits per heavy atom. The van der Waals surface area contributed by atoms with Gasteiger partial charge < -0.3 is 5.32 Å². The van der Waals surface area contributed by atoms with Crippen molar-refractivity contribution in [1.82, 2.24) is 10.2 Å². The maximum absolute atomic E-state index is 13.5. The van der Waals surface area contributed by atoms with Gasteiger partial charge in [-0.3, -0.25) is 19.4 Å². The number of benzene rings is 2. The Morgan fingerprint density at radius 2 is 1.72 bits per heavy atom.